The number of unbranched alkanes of at least 4 members (excludes halogenated alkanes) is 1. The van der Waals surface area contributed by atoms with Crippen molar-refractivity contribution in [2.75, 3.05) is 7.11 Å². The van der Waals surface area contributed by atoms with E-state index in [1.165, 1.54) is 31.4 Å². The third-order valence-electron chi connectivity index (χ3n) is 6.32. The topological polar surface area (TPSA) is 9.23 Å². The number of halogens is 4. The Bertz CT molecular complexity index is 914. The molecule has 31 heavy (non-hydrogen) atoms. The average molecular weight is 435 g/mol. The standard InChI is InChI=1S/C26H30F4O/c1-3-4-5-6-7-8-17-9-11-18(12-10-17)19-13-14-20(24(28)23(19)27)21-15-16-22(31-2)26(30)25(21)29/h5-6,13-18H,3-4,7-12H2,1-2H3/b6-5+. The molecule has 1 fully saturated rings. The van der Waals surface area contributed by atoms with Gasteiger partial charge in [0.05, 0.1) is 7.11 Å². The second-order valence-corrected chi connectivity index (χ2v) is 8.33. The van der Waals surface area contributed by atoms with E-state index >= 15 is 0 Å². The highest BCUT2D eigenvalue weighted by atomic mass is 19.2. The predicted molar refractivity (Wildman–Crippen MR) is 116 cm³/mol. The number of benzene rings is 2. The molecule has 168 valence electrons. The molecule has 2 aromatic rings. The normalized spacial score (nSPS) is 19.2. The molecule has 0 amide bonds. The monoisotopic (exact) mass is 434 g/mol. The van der Waals surface area contributed by atoms with Crippen LogP contribution in [0.2, 0.25) is 0 Å². The van der Waals surface area contributed by atoms with Crippen LogP contribution in [0.1, 0.15) is 69.8 Å². The van der Waals surface area contributed by atoms with E-state index in [1.807, 2.05) is 0 Å². The lowest BCUT2D eigenvalue weighted by atomic mass is 9.77. The summed E-state index contributed by atoms with van der Waals surface area (Å²) in [5.74, 6) is -4.27. The summed E-state index contributed by atoms with van der Waals surface area (Å²) in [6.45, 7) is 2.16. The molecule has 0 atom stereocenters. The third-order valence-corrected chi connectivity index (χ3v) is 6.32. The van der Waals surface area contributed by atoms with Gasteiger partial charge in [-0.3, -0.25) is 0 Å². The lowest BCUT2D eigenvalue weighted by Gasteiger charge is -2.29. The third kappa shape index (κ3) is 5.31. The molecule has 2 aromatic carbocycles. The largest absolute Gasteiger partial charge is 0.494 e. The van der Waals surface area contributed by atoms with E-state index in [4.69, 9.17) is 4.74 Å². The zero-order valence-corrected chi connectivity index (χ0v) is 18.2. The van der Waals surface area contributed by atoms with Gasteiger partial charge in [0.25, 0.3) is 0 Å². The first kappa shape index (κ1) is 23.4. The van der Waals surface area contributed by atoms with E-state index in [1.54, 1.807) is 0 Å². The zero-order chi connectivity index (χ0) is 22.4. The number of ether oxygens (including phenoxy) is 1. The molecule has 0 aromatic heterocycles. The quantitative estimate of drug-likeness (QED) is 0.300. The van der Waals surface area contributed by atoms with Crippen LogP contribution in [0.25, 0.3) is 11.1 Å². The molecule has 0 radical (unpaired) electrons. The minimum atomic E-state index is -1.25. The van der Waals surface area contributed by atoms with Crippen molar-refractivity contribution >= 4 is 0 Å². The van der Waals surface area contributed by atoms with Gasteiger partial charge in [-0.15, -0.1) is 0 Å². The summed E-state index contributed by atoms with van der Waals surface area (Å²) in [5, 5.41) is 0. The van der Waals surface area contributed by atoms with Gasteiger partial charge < -0.3 is 4.74 Å². The van der Waals surface area contributed by atoms with Crippen molar-refractivity contribution in [3.05, 3.63) is 65.2 Å². The summed E-state index contributed by atoms with van der Waals surface area (Å²) in [4.78, 5) is 0. The van der Waals surface area contributed by atoms with Gasteiger partial charge in [0.15, 0.2) is 23.2 Å². The fraction of sp³-hybridized carbons (Fsp3) is 0.462. The highest BCUT2D eigenvalue weighted by Gasteiger charge is 2.27. The Morgan fingerprint density at radius 2 is 1.42 bits per heavy atom. The zero-order valence-electron chi connectivity index (χ0n) is 18.2. The first-order chi connectivity index (χ1) is 15.0. The van der Waals surface area contributed by atoms with Crippen molar-refractivity contribution < 1.29 is 22.3 Å². The van der Waals surface area contributed by atoms with Crippen LogP contribution < -0.4 is 4.74 Å². The van der Waals surface area contributed by atoms with Crippen LogP contribution in [0.3, 0.4) is 0 Å². The predicted octanol–water partition coefficient (Wildman–Crippen LogP) is 8.33. The minimum Gasteiger partial charge on any atom is -0.494 e. The lowest BCUT2D eigenvalue weighted by molar-refractivity contribution is 0.306. The van der Waals surface area contributed by atoms with Crippen LogP contribution in [-0.4, -0.2) is 7.11 Å². The highest BCUT2D eigenvalue weighted by molar-refractivity contribution is 5.66. The van der Waals surface area contributed by atoms with Crippen LogP contribution in [-0.2, 0) is 0 Å². The summed E-state index contributed by atoms with van der Waals surface area (Å²) in [7, 11) is 1.21. The van der Waals surface area contributed by atoms with E-state index < -0.39 is 23.3 Å². The van der Waals surface area contributed by atoms with E-state index in [2.05, 4.69) is 19.1 Å². The van der Waals surface area contributed by atoms with Gasteiger partial charge >= 0.3 is 0 Å². The number of allylic oxidation sites excluding steroid dienone is 2. The molecule has 1 saturated carbocycles. The fourth-order valence-corrected chi connectivity index (χ4v) is 4.48. The van der Waals surface area contributed by atoms with Crippen molar-refractivity contribution in [1.82, 2.24) is 0 Å². The summed E-state index contributed by atoms with van der Waals surface area (Å²) >= 11 is 0. The second kappa shape index (κ2) is 10.8. The van der Waals surface area contributed by atoms with Crippen LogP contribution in [0.15, 0.2) is 36.4 Å². The van der Waals surface area contributed by atoms with Gasteiger partial charge in [-0.05, 0) is 74.5 Å². The van der Waals surface area contributed by atoms with Gasteiger partial charge in [-0.25, -0.2) is 13.2 Å². The Kier molecular flexibility index (Phi) is 8.16. The first-order valence-corrected chi connectivity index (χ1v) is 11.1. The number of rotatable bonds is 8. The summed E-state index contributed by atoms with van der Waals surface area (Å²) in [5.41, 5.74) is -0.272. The van der Waals surface area contributed by atoms with Gasteiger partial charge in [0.2, 0.25) is 5.82 Å². The molecule has 1 nitrogen and oxygen atoms in total. The molecule has 0 bridgehead atoms. The first-order valence-electron chi connectivity index (χ1n) is 11.1. The van der Waals surface area contributed by atoms with Crippen LogP contribution in [0, 0.1) is 29.2 Å². The molecule has 5 heteroatoms. The van der Waals surface area contributed by atoms with Gasteiger partial charge in [0.1, 0.15) is 0 Å². The number of hydrogen-bond acceptors (Lipinski definition) is 1. The average Bonchev–Trinajstić information content (AvgIpc) is 2.78. The van der Waals surface area contributed by atoms with Crippen molar-refractivity contribution in [3.63, 3.8) is 0 Å². The molecular formula is C26H30F4O. The van der Waals surface area contributed by atoms with E-state index in [0.717, 1.165) is 51.4 Å². The van der Waals surface area contributed by atoms with Crippen molar-refractivity contribution in [3.8, 4) is 16.9 Å². The SMILES string of the molecule is CCC/C=C/CCC1CCC(c2ccc(-c3ccc(OC)c(F)c3F)c(F)c2F)CC1. The molecule has 0 unspecified atom stereocenters. The molecular weight excluding hydrogens is 404 g/mol. The van der Waals surface area contributed by atoms with E-state index in [-0.39, 0.29) is 22.8 Å². The fourth-order valence-electron chi connectivity index (χ4n) is 4.48. The second-order valence-electron chi connectivity index (χ2n) is 8.33. The summed E-state index contributed by atoms with van der Waals surface area (Å²) in [6, 6.07) is 5.28. The molecule has 3 rings (SSSR count). The Morgan fingerprint density at radius 1 is 0.806 bits per heavy atom. The number of methoxy groups -OCH3 is 1. The van der Waals surface area contributed by atoms with Crippen LogP contribution in [0.5, 0.6) is 5.75 Å². The maximum atomic E-state index is 14.9. The van der Waals surface area contributed by atoms with Gasteiger partial charge in [0, 0.05) is 11.1 Å². The van der Waals surface area contributed by atoms with Gasteiger partial charge in [-0.2, -0.15) is 4.39 Å². The molecule has 1 aliphatic rings. The van der Waals surface area contributed by atoms with Crippen molar-refractivity contribution in [2.45, 2.75) is 64.2 Å². The van der Waals surface area contributed by atoms with E-state index in [0.29, 0.717) is 11.5 Å². The van der Waals surface area contributed by atoms with Gasteiger partial charge in [-0.1, -0.05) is 37.6 Å². The smallest absolute Gasteiger partial charge is 0.201 e. The van der Waals surface area contributed by atoms with Crippen LogP contribution in [0.4, 0.5) is 17.6 Å². The van der Waals surface area contributed by atoms with Crippen molar-refractivity contribution in [2.24, 2.45) is 5.92 Å². The van der Waals surface area contributed by atoms with Crippen molar-refractivity contribution in [1.29, 1.82) is 0 Å². The highest BCUT2D eigenvalue weighted by Crippen LogP contribution is 2.40. The lowest BCUT2D eigenvalue weighted by Crippen LogP contribution is -2.15. The van der Waals surface area contributed by atoms with Crippen LogP contribution >= 0.6 is 0 Å². The Hall–Kier alpha value is -2.30. The summed E-state index contributed by atoms with van der Waals surface area (Å²) in [6.07, 6.45) is 12.5. The molecule has 0 saturated heterocycles. The molecule has 0 heterocycles. The molecule has 0 spiro atoms. The maximum absolute atomic E-state index is 14.9. The Labute approximate surface area is 182 Å². The molecule has 0 N–H and O–H groups in total. The summed E-state index contributed by atoms with van der Waals surface area (Å²) < 4.78 is 62.9. The molecule has 0 aliphatic heterocycles. The van der Waals surface area contributed by atoms with E-state index in [9.17, 15) is 17.6 Å². The number of hydrogen-bond donors (Lipinski definition) is 0. The Morgan fingerprint density at radius 3 is 2.06 bits per heavy atom. The minimum absolute atomic E-state index is 0.0483. The molecule has 1 aliphatic carbocycles. The Balaban J connectivity index is 1.70. The maximum Gasteiger partial charge on any atom is 0.201 e.